The summed E-state index contributed by atoms with van der Waals surface area (Å²) in [6.07, 6.45) is 0. The number of carbonyl (C=O) groups is 1. The molecule has 0 saturated carbocycles. The molecule has 1 amide bonds. The molecule has 2 fully saturated rings. The van der Waals surface area contributed by atoms with Crippen molar-refractivity contribution in [3.8, 4) is 0 Å². The highest BCUT2D eigenvalue weighted by atomic mass is 127. The molecule has 5 heteroatoms. The Morgan fingerprint density at radius 2 is 2.33 bits per heavy atom. The molecule has 0 N–H and O–H groups in total. The van der Waals surface area contributed by atoms with Gasteiger partial charge in [-0.2, -0.15) is 0 Å². The summed E-state index contributed by atoms with van der Waals surface area (Å²) in [6, 6.07) is 0.289. The van der Waals surface area contributed by atoms with E-state index in [2.05, 4.69) is 26.0 Å². The van der Waals surface area contributed by atoms with Crippen molar-refractivity contribution < 1.29 is 9.53 Å². The number of ether oxygens (including phenoxy) is 1. The van der Waals surface area contributed by atoms with Crippen LogP contribution in [0.15, 0.2) is 0 Å². The third kappa shape index (κ3) is 1.57. The molecule has 2 aliphatic heterocycles. The number of hydrogen-bond acceptors (Lipinski definition) is 3. The standard InChI is InChI=1S/C7H11IN2O2/c8-9-1-2-10-6(3-9)4-12-5-7(10)11/h6H,1-5H2/t6-/m1/s1. The van der Waals surface area contributed by atoms with Gasteiger partial charge in [0.15, 0.2) is 0 Å². The van der Waals surface area contributed by atoms with Crippen LogP contribution in [0.5, 0.6) is 0 Å². The minimum Gasteiger partial charge on any atom is -0.369 e. The maximum atomic E-state index is 11.3. The maximum absolute atomic E-state index is 11.3. The summed E-state index contributed by atoms with van der Waals surface area (Å²) in [6.45, 7) is 3.74. The van der Waals surface area contributed by atoms with E-state index in [4.69, 9.17) is 4.74 Å². The van der Waals surface area contributed by atoms with Crippen molar-refractivity contribution in [3.05, 3.63) is 0 Å². The lowest BCUT2D eigenvalue weighted by Gasteiger charge is -2.41. The number of carbonyl (C=O) groups excluding carboxylic acids is 1. The van der Waals surface area contributed by atoms with Crippen LogP contribution in [0.4, 0.5) is 0 Å². The molecule has 1 atom stereocenters. The Balaban J connectivity index is 2.04. The molecule has 0 aromatic heterocycles. The first-order chi connectivity index (χ1) is 5.77. The average molecular weight is 282 g/mol. The molecular weight excluding hydrogens is 271 g/mol. The second kappa shape index (κ2) is 3.47. The maximum Gasteiger partial charge on any atom is 0.248 e. The predicted molar refractivity (Wildman–Crippen MR) is 51.9 cm³/mol. The van der Waals surface area contributed by atoms with E-state index in [-0.39, 0.29) is 18.6 Å². The van der Waals surface area contributed by atoms with Crippen molar-refractivity contribution in [2.75, 3.05) is 32.8 Å². The molecule has 0 aliphatic carbocycles. The summed E-state index contributed by atoms with van der Waals surface area (Å²) in [5.41, 5.74) is 0. The number of morpholine rings is 1. The number of nitrogens with zero attached hydrogens (tertiary/aromatic N) is 2. The van der Waals surface area contributed by atoms with Crippen LogP contribution < -0.4 is 0 Å². The third-order valence-electron chi connectivity index (χ3n) is 2.29. The highest BCUT2D eigenvalue weighted by Gasteiger charge is 2.32. The summed E-state index contributed by atoms with van der Waals surface area (Å²) in [5.74, 6) is 0.149. The Bertz CT molecular complexity index is 200. The molecule has 2 heterocycles. The van der Waals surface area contributed by atoms with E-state index < -0.39 is 0 Å². The molecule has 68 valence electrons. The Hall–Kier alpha value is 0.120. The summed E-state index contributed by atoms with van der Waals surface area (Å²) >= 11 is 2.29. The smallest absolute Gasteiger partial charge is 0.248 e. The van der Waals surface area contributed by atoms with Crippen LogP contribution >= 0.6 is 22.9 Å². The summed E-state index contributed by atoms with van der Waals surface area (Å²) in [7, 11) is 0. The van der Waals surface area contributed by atoms with Gasteiger partial charge in [-0.15, -0.1) is 0 Å². The van der Waals surface area contributed by atoms with Gasteiger partial charge in [0.1, 0.15) is 6.61 Å². The molecule has 2 saturated heterocycles. The van der Waals surface area contributed by atoms with Crippen LogP contribution in [0.2, 0.25) is 0 Å². The molecule has 2 rings (SSSR count). The van der Waals surface area contributed by atoms with Gasteiger partial charge < -0.3 is 9.64 Å². The lowest BCUT2D eigenvalue weighted by molar-refractivity contribution is -0.150. The van der Waals surface area contributed by atoms with Crippen molar-refractivity contribution in [1.29, 1.82) is 0 Å². The number of fused-ring (bicyclic) bond motifs is 1. The first-order valence-electron chi connectivity index (χ1n) is 4.05. The summed E-state index contributed by atoms with van der Waals surface area (Å²) in [4.78, 5) is 13.3. The van der Waals surface area contributed by atoms with Gasteiger partial charge in [0, 0.05) is 42.5 Å². The number of piperazine rings is 1. The van der Waals surface area contributed by atoms with Gasteiger partial charge in [0.25, 0.3) is 0 Å². The van der Waals surface area contributed by atoms with E-state index in [1.54, 1.807) is 0 Å². The van der Waals surface area contributed by atoms with E-state index in [0.29, 0.717) is 6.61 Å². The van der Waals surface area contributed by atoms with E-state index in [9.17, 15) is 4.79 Å². The van der Waals surface area contributed by atoms with Crippen molar-refractivity contribution >= 4 is 28.8 Å². The van der Waals surface area contributed by atoms with Crippen LogP contribution in [-0.2, 0) is 9.53 Å². The highest BCUT2D eigenvalue weighted by molar-refractivity contribution is 14.1. The predicted octanol–water partition coefficient (Wildman–Crippen LogP) is -0.121. The van der Waals surface area contributed by atoms with Crippen LogP contribution in [-0.4, -0.2) is 52.8 Å². The fourth-order valence-electron chi connectivity index (χ4n) is 1.65. The van der Waals surface area contributed by atoms with Crippen LogP contribution in [0.1, 0.15) is 0 Å². The molecule has 4 nitrogen and oxygen atoms in total. The molecule has 2 aliphatic rings. The minimum atomic E-state index is 0.149. The topological polar surface area (TPSA) is 32.8 Å². The Labute approximate surface area is 85.3 Å². The van der Waals surface area contributed by atoms with Crippen LogP contribution in [0.3, 0.4) is 0 Å². The van der Waals surface area contributed by atoms with Crippen molar-refractivity contribution in [2.45, 2.75) is 6.04 Å². The Kier molecular flexibility index (Phi) is 2.52. The summed E-state index contributed by atoms with van der Waals surface area (Å²) in [5, 5.41) is 0. The monoisotopic (exact) mass is 282 g/mol. The number of rotatable bonds is 0. The Morgan fingerprint density at radius 1 is 1.50 bits per heavy atom. The molecule has 0 spiro atoms. The first kappa shape index (κ1) is 8.71. The second-order valence-electron chi connectivity index (χ2n) is 3.12. The van der Waals surface area contributed by atoms with Gasteiger partial charge in [-0.05, 0) is 0 Å². The number of halogens is 1. The SMILES string of the molecule is O=C1COC[C@H]2CN(I)CCN12. The van der Waals surface area contributed by atoms with Gasteiger partial charge in [-0.1, -0.05) is 0 Å². The van der Waals surface area contributed by atoms with Gasteiger partial charge in [-0.25, -0.2) is 3.11 Å². The van der Waals surface area contributed by atoms with E-state index >= 15 is 0 Å². The zero-order chi connectivity index (χ0) is 8.55. The van der Waals surface area contributed by atoms with Crippen molar-refractivity contribution in [1.82, 2.24) is 8.01 Å². The zero-order valence-electron chi connectivity index (χ0n) is 6.70. The molecular formula is C7H11IN2O2. The quantitative estimate of drug-likeness (QED) is 0.459. The van der Waals surface area contributed by atoms with Gasteiger partial charge in [-0.3, -0.25) is 4.79 Å². The molecule has 0 radical (unpaired) electrons. The third-order valence-corrected chi connectivity index (χ3v) is 3.17. The Morgan fingerprint density at radius 3 is 3.17 bits per heavy atom. The lowest BCUT2D eigenvalue weighted by atomic mass is 10.2. The van der Waals surface area contributed by atoms with E-state index in [1.165, 1.54) is 0 Å². The lowest BCUT2D eigenvalue weighted by Crippen LogP contribution is -2.58. The van der Waals surface area contributed by atoms with Crippen LogP contribution in [0.25, 0.3) is 0 Å². The van der Waals surface area contributed by atoms with Gasteiger partial charge in [0.05, 0.1) is 12.6 Å². The second-order valence-corrected chi connectivity index (χ2v) is 4.49. The van der Waals surface area contributed by atoms with Gasteiger partial charge >= 0.3 is 0 Å². The fraction of sp³-hybridized carbons (Fsp3) is 0.857. The van der Waals surface area contributed by atoms with Gasteiger partial charge in [0.2, 0.25) is 5.91 Å². The molecule has 0 bridgehead atoms. The minimum absolute atomic E-state index is 0.149. The highest BCUT2D eigenvalue weighted by Crippen LogP contribution is 2.16. The molecule has 12 heavy (non-hydrogen) atoms. The summed E-state index contributed by atoms with van der Waals surface area (Å²) < 4.78 is 7.39. The molecule has 0 aromatic rings. The van der Waals surface area contributed by atoms with Crippen LogP contribution in [0, 0.1) is 0 Å². The molecule has 0 aromatic carbocycles. The number of hydrogen-bond donors (Lipinski definition) is 0. The zero-order valence-corrected chi connectivity index (χ0v) is 8.86. The van der Waals surface area contributed by atoms with Crippen molar-refractivity contribution in [2.24, 2.45) is 0 Å². The number of amides is 1. The largest absolute Gasteiger partial charge is 0.369 e. The van der Waals surface area contributed by atoms with E-state index in [1.807, 2.05) is 4.90 Å². The first-order valence-corrected chi connectivity index (χ1v) is 5.02. The molecule has 0 unspecified atom stereocenters. The average Bonchev–Trinajstić information content (AvgIpc) is 2.04. The fourth-order valence-corrected chi connectivity index (χ4v) is 2.32. The normalized spacial score (nSPS) is 31.9. The van der Waals surface area contributed by atoms with Crippen molar-refractivity contribution in [3.63, 3.8) is 0 Å². The van der Waals surface area contributed by atoms with E-state index in [0.717, 1.165) is 19.6 Å².